The summed E-state index contributed by atoms with van der Waals surface area (Å²) in [7, 11) is 0. The standard InChI is InChI=1S/C23H27FN6O2/c1-16(2)11-12-25-21(31)14-29(20-6-4-5-19(24)13-20)22(32)15-30-27-23(26-28-30)18-9-7-17(3)8-10-18/h4-10,13,16H,11-12,14-15H2,1-3H3,(H,25,31). The molecule has 3 aromatic rings. The first-order valence-electron chi connectivity index (χ1n) is 10.5. The van der Waals surface area contributed by atoms with Crippen LogP contribution in [-0.4, -0.2) is 45.1 Å². The number of tetrazole rings is 1. The predicted octanol–water partition coefficient (Wildman–Crippen LogP) is 2.98. The van der Waals surface area contributed by atoms with Crippen LogP contribution in [0.5, 0.6) is 0 Å². The zero-order chi connectivity index (χ0) is 23.1. The van der Waals surface area contributed by atoms with Crippen molar-refractivity contribution in [2.75, 3.05) is 18.0 Å². The van der Waals surface area contributed by atoms with Crippen molar-refractivity contribution in [3.63, 3.8) is 0 Å². The maximum absolute atomic E-state index is 13.8. The summed E-state index contributed by atoms with van der Waals surface area (Å²) < 4.78 is 13.8. The van der Waals surface area contributed by atoms with E-state index in [0.29, 0.717) is 18.3 Å². The molecule has 0 fully saturated rings. The Kier molecular flexibility index (Phi) is 7.64. The first kappa shape index (κ1) is 23.1. The van der Waals surface area contributed by atoms with Crippen molar-refractivity contribution in [3.8, 4) is 11.4 Å². The number of rotatable bonds is 9. The molecule has 0 saturated heterocycles. The van der Waals surface area contributed by atoms with Gasteiger partial charge in [0.05, 0.1) is 0 Å². The predicted molar refractivity (Wildman–Crippen MR) is 119 cm³/mol. The van der Waals surface area contributed by atoms with Crippen LogP contribution >= 0.6 is 0 Å². The molecular weight excluding hydrogens is 411 g/mol. The number of carbonyl (C=O) groups is 2. The molecule has 1 heterocycles. The van der Waals surface area contributed by atoms with Crippen LogP contribution in [-0.2, 0) is 16.1 Å². The first-order chi connectivity index (χ1) is 15.3. The van der Waals surface area contributed by atoms with Crippen molar-refractivity contribution < 1.29 is 14.0 Å². The molecule has 168 valence electrons. The summed E-state index contributed by atoms with van der Waals surface area (Å²) >= 11 is 0. The van der Waals surface area contributed by atoms with Crippen LogP contribution in [0.2, 0.25) is 0 Å². The smallest absolute Gasteiger partial charge is 0.251 e. The lowest BCUT2D eigenvalue weighted by Crippen LogP contribution is -2.43. The van der Waals surface area contributed by atoms with Gasteiger partial charge in [0.1, 0.15) is 18.9 Å². The number of halogens is 1. The molecule has 2 amide bonds. The summed E-state index contributed by atoms with van der Waals surface area (Å²) in [4.78, 5) is 27.8. The molecule has 1 N–H and O–H groups in total. The number of amides is 2. The van der Waals surface area contributed by atoms with Gasteiger partial charge in [0.2, 0.25) is 11.7 Å². The molecule has 0 radical (unpaired) electrons. The van der Waals surface area contributed by atoms with Crippen molar-refractivity contribution in [2.45, 2.75) is 33.7 Å². The van der Waals surface area contributed by atoms with E-state index in [1.807, 2.05) is 31.2 Å². The second-order valence-corrected chi connectivity index (χ2v) is 8.00. The van der Waals surface area contributed by atoms with Gasteiger partial charge in [-0.15, -0.1) is 10.2 Å². The molecule has 0 saturated carbocycles. The van der Waals surface area contributed by atoms with E-state index in [4.69, 9.17) is 0 Å². The largest absolute Gasteiger partial charge is 0.355 e. The summed E-state index contributed by atoms with van der Waals surface area (Å²) in [5, 5.41) is 15.0. The van der Waals surface area contributed by atoms with Crippen molar-refractivity contribution in [3.05, 3.63) is 59.9 Å². The lowest BCUT2D eigenvalue weighted by molar-refractivity contribution is -0.124. The van der Waals surface area contributed by atoms with Crippen LogP contribution in [0.1, 0.15) is 25.8 Å². The summed E-state index contributed by atoms with van der Waals surface area (Å²) in [5.74, 6) is -0.447. The maximum atomic E-state index is 13.8. The summed E-state index contributed by atoms with van der Waals surface area (Å²) in [6.45, 7) is 6.13. The number of aromatic nitrogens is 4. The van der Waals surface area contributed by atoms with Gasteiger partial charge in [-0.1, -0.05) is 49.7 Å². The highest BCUT2D eigenvalue weighted by Crippen LogP contribution is 2.17. The van der Waals surface area contributed by atoms with Crippen molar-refractivity contribution in [1.82, 2.24) is 25.5 Å². The van der Waals surface area contributed by atoms with E-state index in [-0.39, 0.29) is 24.7 Å². The van der Waals surface area contributed by atoms with Gasteiger partial charge >= 0.3 is 0 Å². The fourth-order valence-corrected chi connectivity index (χ4v) is 3.00. The molecule has 0 bridgehead atoms. The minimum atomic E-state index is -0.499. The molecule has 0 aliphatic heterocycles. The third-order valence-electron chi connectivity index (χ3n) is 4.81. The first-order valence-corrected chi connectivity index (χ1v) is 10.5. The van der Waals surface area contributed by atoms with Gasteiger partial charge in [0.25, 0.3) is 5.91 Å². The SMILES string of the molecule is Cc1ccc(-c2nnn(CC(=O)N(CC(=O)NCCC(C)C)c3cccc(F)c3)n2)cc1. The van der Waals surface area contributed by atoms with Crippen LogP contribution in [0.25, 0.3) is 11.4 Å². The molecule has 8 nitrogen and oxygen atoms in total. The molecule has 0 aliphatic rings. The van der Waals surface area contributed by atoms with Crippen LogP contribution in [0.15, 0.2) is 48.5 Å². The van der Waals surface area contributed by atoms with Crippen LogP contribution < -0.4 is 10.2 Å². The van der Waals surface area contributed by atoms with E-state index >= 15 is 0 Å². The second-order valence-electron chi connectivity index (χ2n) is 8.00. The van der Waals surface area contributed by atoms with Gasteiger partial charge in [0, 0.05) is 17.8 Å². The normalized spacial score (nSPS) is 10.9. The van der Waals surface area contributed by atoms with Crippen LogP contribution in [0, 0.1) is 18.7 Å². The van der Waals surface area contributed by atoms with Crippen LogP contribution in [0.4, 0.5) is 10.1 Å². The fourth-order valence-electron chi connectivity index (χ4n) is 3.00. The highest BCUT2D eigenvalue weighted by atomic mass is 19.1. The monoisotopic (exact) mass is 438 g/mol. The Bertz CT molecular complexity index is 1060. The Hall–Kier alpha value is -3.62. The van der Waals surface area contributed by atoms with Gasteiger partial charge in [-0.25, -0.2) is 4.39 Å². The molecule has 32 heavy (non-hydrogen) atoms. The van der Waals surface area contributed by atoms with Gasteiger partial charge in [-0.2, -0.15) is 4.80 Å². The van der Waals surface area contributed by atoms with E-state index in [1.54, 1.807) is 6.07 Å². The molecule has 3 rings (SSSR count). The molecule has 2 aromatic carbocycles. The van der Waals surface area contributed by atoms with Gasteiger partial charge in [0.15, 0.2) is 0 Å². The minimum absolute atomic E-state index is 0.236. The number of nitrogens with one attached hydrogen (secondary N) is 1. The molecule has 0 aliphatic carbocycles. The number of nitrogens with zero attached hydrogens (tertiary/aromatic N) is 5. The van der Waals surface area contributed by atoms with Gasteiger partial charge < -0.3 is 10.2 Å². The number of aryl methyl sites for hydroxylation is 1. The Labute approximate surface area is 186 Å². The fraction of sp³-hybridized carbons (Fsp3) is 0.348. The average Bonchev–Trinajstić information content (AvgIpc) is 3.20. The molecule has 0 spiro atoms. The average molecular weight is 439 g/mol. The Morgan fingerprint density at radius 2 is 1.91 bits per heavy atom. The van der Waals surface area contributed by atoms with E-state index in [1.165, 1.54) is 27.9 Å². The van der Waals surface area contributed by atoms with E-state index < -0.39 is 11.7 Å². The van der Waals surface area contributed by atoms with E-state index in [2.05, 4.69) is 34.6 Å². The van der Waals surface area contributed by atoms with Crippen molar-refractivity contribution in [1.29, 1.82) is 0 Å². The molecular formula is C23H27FN6O2. The zero-order valence-corrected chi connectivity index (χ0v) is 18.5. The van der Waals surface area contributed by atoms with Crippen molar-refractivity contribution >= 4 is 17.5 Å². The maximum Gasteiger partial charge on any atom is 0.251 e. The summed E-state index contributed by atoms with van der Waals surface area (Å²) in [6, 6.07) is 13.2. The highest BCUT2D eigenvalue weighted by Gasteiger charge is 2.21. The van der Waals surface area contributed by atoms with Crippen molar-refractivity contribution in [2.24, 2.45) is 5.92 Å². The molecule has 0 unspecified atom stereocenters. The second kappa shape index (κ2) is 10.6. The van der Waals surface area contributed by atoms with Gasteiger partial charge in [-0.05, 0) is 42.7 Å². The quantitative estimate of drug-likeness (QED) is 0.554. The molecule has 9 heteroatoms. The highest BCUT2D eigenvalue weighted by molar-refractivity contribution is 5.98. The molecule has 0 atom stereocenters. The Morgan fingerprint density at radius 3 is 2.59 bits per heavy atom. The Balaban J connectivity index is 1.73. The van der Waals surface area contributed by atoms with E-state index in [0.717, 1.165) is 17.5 Å². The Morgan fingerprint density at radius 1 is 1.16 bits per heavy atom. The zero-order valence-electron chi connectivity index (χ0n) is 18.5. The lowest BCUT2D eigenvalue weighted by Gasteiger charge is -2.22. The topological polar surface area (TPSA) is 93.0 Å². The number of benzene rings is 2. The third-order valence-corrected chi connectivity index (χ3v) is 4.81. The number of anilines is 1. The summed E-state index contributed by atoms with van der Waals surface area (Å²) in [6.07, 6.45) is 0.824. The minimum Gasteiger partial charge on any atom is -0.355 e. The summed E-state index contributed by atoms with van der Waals surface area (Å²) in [5.41, 5.74) is 2.17. The van der Waals surface area contributed by atoms with Gasteiger partial charge in [-0.3, -0.25) is 9.59 Å². The number of carbonyl (C=O) groups excluding carboxylic acids is 2. The van der Waals surface area contributed by atoms with E-state index in [9.17, 15) is 14.0 Å². The number of hydrogen-bond acceptors (Lipinski definition) is 5. The number of hydrogen-bond donors (Lipinski definition) is 1. The lowest BCUT2D eigenvalue weighted by atomic mass is 10.1. The van der Waals surface area contributed by atoms with Crippen LogP contribution in [0.3, 0.4) is 0 Å². The molecule has 1 aromatic heterocycles. The third kappa shape index (κ3) is 6.44.